The van der Waals surface area contributed by atoms with Crippen molar-refractivity contribution in [1.29, 1.82) is 0 Å². The van der Waals surface area contributed by atoms with E-state index in [0.717, 1.165) is 32.1 Å². The van der Waals surface area contributed by atoms with Gasteiger partial charge in [0.15, 0.2) is 5.96 Å². The number of likely N-dealkylation sites (N-methyl/N-ethyl adjacent to an activating group) is 1. The van der Waals surface area contributed by atoms with Gasteiger partial charge in [0.2, 0.25) is 0 Å². The molecular weight excluding hydrogens is 401 g/mol. The minimum absolute atomic E-state index is 0. The van der Waals surface area contributed by atoms with Crippen molar-refractivity contribution >= 4 is 29.9 Å². The van der Waals surface area contributed by atoms with E-state index in [2.05, 4.69) is 48.3 Å². The Bertz CT molecular complexity index is 303. The highest BCUT2D eigenvalue weighted by Crippen LogP contribution is 2.05. The van der Waals surface area contributed by atoms with Gasteiger partial charge in [0.25, 0.3) is 0 Å². The van der Waals surface area contributed by atoms with E-state index in [9.17, 15) is 0 Å². The summed E-state index contributed by atoms with van der Waals surface area (Å²) >= 11 is 0. The molecule has 0 spiro atoms. The molecule has 23 heavy (non-hydrogen) atoms. The third-order valence-electron chi connectivity index (χ3n) is 4.14. The molecule has 0 amide bonds. The Morgan fingerprint density at radius 1 is 1.09 bits per heavy atom. The van der Waals surface area contributed by atoms with Crippen molar-refractivity contribution in [3.05, 3.63) is 0 Å². The van der Waals surface area contributed by atoms with Gasteiger partial charge in [-0.05, 0) is 26.3 Å². The van der Waals surface area contributed by atoms with Gasteiger partial charge in [-0.15, -0.1) is 24.0 Å². The lowest BCUT2D eigenvalue weighted by Gasteiger charge is -2.33. The predicted octanol–water partition coefficient (Wildman–Crippen LogP) is 2.23. The first-order valence-corrected chi connectivity index (χ1v) is 9.08. The van der Waals surface area contributed by atoms with Crippen LogP contribution in [0.2, 0.25) is 0 Å². The summed E-state index contributed by atoms with van der Waals surface area (Å²) in [6.45, 7) is 15.4. The summed E-state index contributed by atoms with van der Waals surface area (Å²) in [5.41, 5.74) is 0. The Morgan fingerprint density at radius 3 is 2.39 bits per heavy atom. The van der Waals surface area contributed by atoms with Crippen LogP contribution in [-0.4, -0.2) is 75.2 Å². The van der Waals surface area contributed by atoms with Gasteiger partial charge in [-0.1, -0.05) is 26.7 Å². The van der Waals surface area contributed by atoms with E-state index in [-0.39, 0.29) is 24.0 Å². The van der Waals surface area contributed by atoms with Gasteiger partial charge in [-0.2, -0.15) is 0 Å². The fraction of sp³-hybridized carbons (Fsp3) is 0.941. The van der Waals surface area contributed by atoms with Crippen LogP contribution in [0.5, 0.6) is 0 Å². The summed E-state index contributed by atoms with van der Waals surface area (Å²) in [4.78, 5) is 9.73. The SMILES string of the molecule is CCCCCNC(=NCC(C)CN1CCN(C)CC1)NCC.I. The number of halogens is 1. The molecule has 0 aromatic rings. The smallest absolute Gasteiger partial charge is 0.191 e. The number of rotatable bonds is 9. The lowest BCUT2D eigenvalue weighted by Crippen LogP contribution is -2.46. The van der Waals surface area contributed by atoms with Gasteiger partial charge < -0.3 is 20.4 Å². The molecule has 1 fully saturated rings. The van der Waals surface area contributed by atoms with Gasteiger partial charge in [0.1, 0.15) is 0 Å². The van der Waals surface area contributed by atoms with Crippen molar-refractivity contribution in [3.8, 4) is 0 Å². The summed E-state index contributed by atoms with van der Waals surface area (Å²) in [6, 6.07) is 0. The second kappa shape index (κ2) is 14.3. The summed E-state index contributed by atoms with van der Waals surface area (Å²) in [7, 11) is 2.21. The minimum Gasteiger partial charge on any atom is -0.357 e. The van der Waals surface area contributed by atoms with Crippen molar-refractivity contribution in [2.75, 3.05) is 59.4 Å². The van der Waals surface area contributed by atoms with Crippen LogP contribution in [0.3, 0.4) is 0 Å². The molecule has 0 aromatic carbocycles. The van der Waals surface area contributed by atoms with E-state index in [1.165, 1.54) is 45.4 Å². The number of hydrogen-bond acceptors (Lipinski definition) is 3. The molecule has 1 rings (SSSR count). The highest BCUT2D eigenvalue weighted by molar-refractivity contribution is 14.0. The molecule has 0 saturated carbocycles. The first-order chi connectivity index (χ1) is 10.7. The molecule has 0 aromatic heterocycles. The van der Waals surface area contributed by atoms with Gasteiger partial charge in [-0.3, -0.25) is 4.99 Å². The Balaban J connectivity index is 0.00000484. The number of piperazine rings is 1. The molecule has 0 bridgehead atoms. The number of guanidine groups is 1. The summed E-state index contributed by atoms with van der Waals surface area (Å²) in [5.74, 6) is 1.58. The first-order valence-electron chi connectivity index (χ1n) is 9.08. The summed E-state index contributed by atoms with van der Waals surface area (Å²) in [6.07, 6.45) is 3.77. The van der Waals surface area contributed by atoms with Crippen molar-refractivity contribution in [2.45, 2.75) is 40.0 Å². The van der Waals surface area contributed by atoms with Gasteiger partial charge >= 0.3 is 0 Å². The zero-order chi connectivity index (χ0) is 16.2. The van der Waals surface area contributed by atoms with Gasteiger partial charge in [0.05, 0.1) is 0 Å². The average Bonchev–Trinajstić information content (AvgIpc) is 2.51. The number of nitrogens with zero attached hydrogens (tertiary/aromatic N) is 3. The van der Waals surface area contributed by atoms with Crippen molar-refractivity contribution in [2.24, 2.45) is 10.9 Å². The molecular formula is C17H38IN5. The van der Waals surface area contributed by atoms with Gasteiger partial charge in [-0.25, -0.2) is 0 Å². The average molecular weight is 439 g/mol. The maximum Gasteiger partial charge on any atom is 0.191 e. The minimum atomic E-state index is 0. The van der Waals surface area contributed by atoms with E-state index < -0.39 is 0 Å². The molecule has 5 nitrogen and oxygen atoms in total. The van der Waals surface area contributed by atoms with E-state index in [0.29, 0.717) is 5.92 Å². The van der Waals surface area contributed by atoms with E-state index in [1.54, 1.807) is 0 Å². The Hall–Kier alpha value is -0.0800. The zero-order valence-electron chi connectivity index (χ0n) is 15.6. The fourth-order valence-corrected chi connectivity index (χ4v) is 2.70. The van der Waals surface area contributed by atoms with E-state index in [1.807, 2.05) is 0 Å². The number of nitrogens with one attached hydrogen (secondary N) is 2. The lowest BCUT2D eigenvalue weighted by atomic mass is 10.1. The molecule has 1 aliphatic heterocycles. The number of hydrogen-bond donors (Lipinski definition) is 2. The van der Waals surface area contributed by atoms with Crippen molar-refractivity contribution in [1.82, 2.24) is 20.4 Å². The van der Waals surface area contributed by atoms with Crippen LogP contribution in [-0.2, 0) is 0 Å². The maximum absolute atomic E-state index is 4.75. The summed E-state index contributed by atoms with van der Waals surface area (Å²) in [5, 5.41) is 6.78. The topological polar surface area (TPSA) is 42.9 Å². The van der Waals surface area contributed by atoms with Crippen LogP contribution in [0.15, 0.2) is 4.99 Å². The van der Waals surface area contributed by atoms with Crippen molar-refractivity contribution in [3.63, 3.8) is 0 Å². The van der Waals surface area contributed by atoms with Crippen LogP contribution in [0.4, 0.5) is 0 Å². The molecule has 138 valence electrons. The molecule has 2 N–H and O–H groups in total. The normalized spacial score (nSPS) is 18.3. The summed E-state index contributed by atoms with van der Waals surface area (Å²) < 4.78 is 0. The van der Waals surface area contributed by atoms with E-state index in [4.69, 9.17) is 4.99 Å². The lowest BCUT2D eigenvalue weighted by molar-refractivity contribution is 0.140. The Kier molecular flexibility index (Phi) is 14.2. The van der Waals surface area contributed by atoms with Crippen LogP contribution < -0.4 is 10.6 Å². The standard InChI is InChI=1S/C17H37N5.HI/c1-5-7-8-9-19-17(18-6-2)20-14-16(3)15-22-12-10-21(4)11-13-22;/h16H,5-15H2,1-4H3,(H2,18,19,20);1H. The molecule has 0 radical (unpaired) electrons. The van der Waals surface area contributed by atoms with E-state index >= 15 is 0 Å². The zero-order valence-corrected chi connectivity index (χ0v) is 17.9. The largest absolute Gasteiger partial charge is 0.357 e. The molecule has 1 saturated heterocycles. The molecule has 6 heteroatoms. The van der Waals surface area contributed by atoms with Crippen LogP contribution in [0.1, 0.15) is 40.0 Å². The van der Waals surface area contributed by atoms with Crippen LogP contribution in [0.25, 0.3) is 0 Å². The molecule has 1 heterocycles. The molecule has 1 atom stereocenters. The predicted molar refractivity (Wildman–Crippen MR) is 112 cm³/mol. The highest BCUT2D eigenvalue weighted by atomic mass is 127. The third-order valence-corrected chi connectivity index (χ3v) is 4.14. The molecule has 0 aliphatic carbocycles. The monoisotopic (exact) mass is 439 g/mol. The Morgan fingerprint density at radius 2 is 1.78 bits per heavy atom. The Labute approximate surface area is 160 Å². The second-order valence-corrected chi connectivity index (χ2v) is 6.56. The number of unbranched alkanes of at least 4 members (excludes halogenated alkanes) is 2. The quantitative estimate of drug-likeness (QED) is 0.250. The first kappa shape index (κ1) is 22.9. The van der Waals surface area contributed by atoms with Gasteiger partial charge in [0, 0.05) is 52.4 Å². The van der Waals surface area contributed by atoms with Crippen LogP contribution in [0, 0.1) is 5.92 Å². The molecule has 1 aliphatic rings. The molecule has 1 unspecified atom stereocenters. The van der Waals surface area contributed by atoms with Crippen molar-refractivity contribution < 1.29 is 0 Å². The second-order valence-electron chi connectivity index (χ2n) is 6.56. The highest BCUT2D eigenvalue weighted by Gasteiger charge is 2.15. The third kappa shape index (κ3) is 11.2. The fourth-order valence-electron chi connectivity index (χ4n) is 2.70. The maximum atomic E-state index is 4.75. The van der Waals surface area contributed by atoms with Crippen LogP contribution >= 0.6 is 24.0 Å². The number of aliphatic imine (C=N–C) groups is 1.